The lowest BCUT2D eigenvalue weighted by molar-refractivity contribution is -0.122. The first kappa shape index (κ1) is 17.0. The van der Waals surface area contributed by atoms with E-state index in [1.54, 1.807) is 13.0 Å². The van der Waals surface area contributed by atoms with Gasteiger partial charge in [0.1, 0.15) is 5.75 Å². The smallest absolute Gasteiger partial charge is 0.336 e. The Bertz CT molecular complexity index is 855. The monoisotopic (exact) mass is 339 g/mol. The molecule has 1 aliphatic rings. The minimum atomic E-state index is -1.01. The molecule has 2 N–H and O–H groups in total. The number of amides is 1. The molecule has 0 radical (unpaired) electrons. The highest BCUT2D eigenvalue weighted by Gasteiger charge is 2.30. The molecule has 5 nitrogen and oxygen atoms in total. The Kier molecular flexibility index (Phi) is 4.25. The maximum absolute atomic E-state index is 12.6. The predicted molar refractivity (Wildman–Crippen MR) is 95.5 cm³/mol. The fourth-order valence-corrected chi connectivity index (χ4v) is 3.09. The summed E-state index contributed by atoms with van der Waals surface area (Å²) in [5.74, 6) is -0.534. The van der Waals surface area contributed by atoms with Crippen LogP contribution in [-0.4, -0.2) is 23.1 Å². The van der Waals surface area contributed by atoms with E-state index in [-0.39, 0.29) is 11.5 Å². The molecule has 1 amide bonds. The molecular weight excluding hydrogens is 318 g/mol. The topological polar surface area (TPSA) is 75.6 Å². The molecule has 0 fully saturated rings. The van der Waals surface area contributed by atoms with Crippen molar-refractivity contribution in [2.24, 2.45) is 0 Å². The number of carbonyl (C=O) groups is 2. The van der Waals surface area contributed by atoms with Crippen LogP contribution in [0.3, 0.4) is 0 Å². The second kappa shape index (κ2) is 6.24. The second-order valence-corrected chi connectivity index (χ2v) is 6.63. The summed E-state index contributed by atoms with van der Waals surface area (Å²) in [7, 11) is 0. The molecule has 2 aromatic carbocycles. The third-order valence-corrected chi connectivity index (χ3v) is 4.70. The van der Waals surface area contributed by atoms with Crippen molar-refractivity contribution in [3.8, 4) is 5.75 Å². The molecule has 0 aromatic heterocycles. The molecule has 25 heavy (non-hydrogen) atoms. The summed E-state index contributed by atoms with van der Waals surface area (Å²) in [6.07, 6.45) is -0.0934. The predicted octanol–water partition coefficient (Wildman–Crippen LogP) is 3.56. The molecule has 130 valence electrons. The van der Waals surface area contributed by atoms with Crippen LogP contribution in [0.15, 0.2) is 24.3 Å². The van der Waals surface area contributed by atoms with Crippen molar-refractivity contribution < 1.29 is 19.4 Å². The molecule has 2 aromatic rings. The number of carboxylic acids is 1. The highest BCUT2D eigenvalue weighted by molar-refractivity contribution is 5.98. The number of hydrogen-bond acceptors (Lipinski definition) is 3. The molecule has 3 rings (SSSR count). The van der Waals surface area contributed by atoms with Gasteiger partial charge in [-0.3, -0.25) is 4.79 Å². The van der Waals surface area contributed by atoms with Gasteiger partial charge in [0.15, 0.2) is 6.10 Å². The lowest BCUT2D eigenvalue weighted by Crippen LogP contribution is -2.31. The van der Waals surface area contributed by atoms with Crippen LogP contribution in [0.25, 0.3) is 0 Å². The van der Waals surface area contributed by atoms with E-state index < -0.39 is 12.1 Å². The number of carbonyl (C=O) groups excluding carboxylic acids is 1. The van der Waals surface area contributed by atoms with E-state index in [2.05, 4.69) is 11.4 Å². The van der Waals surface area contributed by atoms with Crippen LogP contribution in [0.1, 0.15) is 38.2 Å². The number of nitrogens with one attached hydrogen (secondary N) is 1. The van der Waals surface area contributed by atoms with Gasteiger partial charge in [-0.2, -0.15) is 0 Å². The van der Waals surface area contributed by atoms with Crippen LogP contribution >= 0.6 is 0 Å². The Hall–Kier alpha value is -2.82. The Morgan fingerprint density at radius 2 is 1.68 bits per heavy atom. The van der Waals surface area contributed by atoms with Crippen molar-refractivity contribution in [2.75, 3.05) is 5.32 Å². The number of benzene rings is 2. The average Bonchev–Trinajstić information content (AvgIpc) is 2.92. The SMILES string of the molecule is Cc1cc2c(cc1C)OC(C(=O)Nc1cc(C(=O)O)c(C)cc1C)C2. The van der Waals surface area contributed by atoms with Crippen LogP contribution in [0, 0.1) is 27.7 Å². The van der Waals surface area contributed by atoms with E-state index in [9.17, 15) is 14.7 Å². The lowest BCUT2D eigenvalue weighted by atomic mass is 10.0. The van der Waals surface area contributed by atoms with Crippen molar-refractivity contribution in [1.82, 2.24) is 0 Å². The summed E-state index contributed by atoms with van der Waals surface area (Å²) < 4.78 is 5.79. The normalized spacial score (nSPS) is 15.4. The van der Waals surface area contributed by atoms with Gasteiger partial charge in [-0.15, -0.1) is 0 Å². The number of aryl methyl sites for hydroxylation is 4. The van der Waals surface area contributed by atoms with Crippen LogP contribution in [0.5, 0.6) is 5.75 Å². The molecular formula is C20H21NO4. The molecule has 0 saturated carbocycles. The number of aromatic carboxylic acids is 1. The Morgan fingerprint density at radius 3 is 2.36 bits per heavy atom. The van der Waals surface area contributed by atoms with Crippen LogP contribution in [0.4, 0.5) is 5.69 Å². The van der Waals surface area contributed by atoms with Gasteiger partial charge in [-0.25, -0.2) is 4.79 Å². The third kappa shape index (κ3) is 3.22. The van der Waals surface area contributed by atoms with Gasteiger partial charge in [0.25, 0.3) is 5.91 Å². The number of fused-ring (bicyclic) bond motifs is 1. The maximum atomic E-state index is 12.6. The largest absolute Gasteiger partial charge is 0.480 e. The third-order valence-electron chi connectivity index (χ3n) is 4.70. The zero-order chi connectivity index (χ0) is 18.3. The Morgan fingerprint density at radius 1 is 1.00 bits per heavy atom. The van der Waals surface area contributed by atoms with E-state index in [1.165, 1.54) is 11.6 Å². The molecule has 0 bridgehead atoms. The van der Waals surface area contributed by atoms with Crippen molar-refractivity contribution in [3.63, 3.8) is 0 Å². The molecule has 0 aliphatic carbocycles. The zero-order valence-electron chi connectivity index (χ0n) is 14.8. The fourth-order valence-electron chi connectivity index (χ4n) is 3.09. The minimum absolute atomic E-state index is 0.183. The van der Waals surface area contributed by atoms with E-state index in [0.717, 1.165) is 22.4 Å². The summed E-state index contributed by atoms with van der Waals surface area (Å²) in [5, 5.41) is 12.1. The zero-order valence-corrected chi connectivity index (χ0v) is 14.8. The van der Waals surface area contributed by atoms with Crippen molar-refractivity contribution in [3.05, 3.63) is 57.6 Å². The number of ether oxygens (including phenoxy) is 1. The van der Waals surface area contributed by atoms with Gasteiger partial charge >= 0.3 is 5.97 Å². The average molecular weight is 339 g/mol. The molecule has 1 heterocycles. The van der Waals surface area contributed by atoms with Crippen LogP contribution in [-0.2, 0) is 11.2 Å². The van der Waals surface area contributed by atoms with Gasteiger partial charge in [0, 0.05) is 12.1 Å². The van der Waals surface area contributed by atoms with Gasteiger partial charge in [-0.1, -0.05) is 12.1 Å². The van der Waals surface area contributed by atoms with Crippen LogP contribution in [0.2, 0.25) is 0 Å². The minimum Gasteiger partial charge on any atom is -0.480 e. The number of anilines is 1. The highest BCUT2D eigenvalue weighted by Crippen LogP contribution is 2.32. The fraction of sp³-hybridized carbons (Fsp3) is 0.300. The Labute approximate surface area is 146 Å². The van der Waals surface area contributed by atoms with Crippen LogP contribution < -0.4 is 10.1 Å². The number of carboxylic acid groups (broad SMARTS) is 1. The van der Waals surface area contributed by atoms with Gasteiger partial charge in [0.2, 0.25) is 0 Å². The molecule has 1 aliphatic heterocycles. The van der Waals surface area contributed by atoms with Gasteiger partial charge in [0.05, 0.1) is 5.56 Å². The standard InChI is InChI=1S/C20H21NO4/c1-10-6-14-8-18(25-17(14)7-11(10)2)19(22)21-16-9-15(20(23)24)12(3)5-13(16)4/h5-7,9,18H,8H2,1-4H3,(H,21,22)(H,23,24). The lowest BCUT2D eigenvalue weighted by Gasteiger charge is -2.14. The number of rotatable bonds is 3. The van der Waals surface area contributed by atoms with E-state index in [1.807, 2.05) is 26.8 Å². The Balaban J connectivity index is 1.80. The summed E-state index contributed by atoms with van der Waals surface area (Å²) in [5.41, 5.74) is 5.48. The quantitative estimate of drug-likeness (QED) is 0.896. The molecule has 0 saturated heterocycles. The summed E-state index contributed by atoms with van der Waals surface area (Å²) in [6, 6.07) is 7.27. The van der Waals surface area contributed by atoms with Crippen molar-refractivity contribution in [1.29, 1.82) is 0 Å². The second-order valence-electron chi connectivity index (χ2n) is 6.63. The first-order chi connectivity index (χ1) is 11.8. The summed E-state index contributed by atoms with van der Waals surface area (Å²) >= 11 is 0. The van der Waals surface area contributed by atoms with Crippen molar-refractivity contribution in [2.45, 2.75) is 40.2 Å². The van der Waals surface area contributed by atoms with Gasteiger partial charge in [-0.05, 0) is 67.6 Å². The first-order valence-electron chi connectivity index (χ1n) is 8.18. The first-order valence-corrected chi connectivity index (χ1v) is 8.18. The van der Waals surface area contributed by atoms with E-state index in [4.69, 9.17) is 4.74 Å². The molecule has 1 unspecified atom stereocenters. The maximum Gasteiger partial charge on any atom is 0.336 e. The highest BCUT2D eigenvalue weighted by atomic mass is 16.5. The van der Waals surface area contributed by atoms with Crippen molar-refractivity contribution >= 4 is 17.6 Å². The number of hydrogen-bond donors (Lipinski definition) is 2. The van der Waals surface area contributed by atoms with E-state index >= 15 is 0 Å². The molecule has 1 atom stereocenters. The summed E-state index contributed by atoms with van der Waals surface area (Å²) in [4.78, 5) is 23.9. The van der Waals surface area contributed by atoms with Gasteiger partial charge < -0.3 is 15.2 Å². The molecule has 0 spiro atoms. The van der Waals surface area contributed by atoms with E-state index in [0.29, 0.717) is 17.7 Å². The molecule has 5 heteroatoms. The summed E-state index contributed by atoms with van der Waals surface area (Å²) in [6.45, 7) is 7.62.